The Kier molecular flexibility index (Phi) is 8.45. The maximum atomic E-state index is 6.34. The van der Waals surface area contributed by atoms with Crippen LogP contribution in [-0.4, -0.2) is 49.4 Å². The number of nitrogen functional groups attached to an aromatic ring is 1. The van der Waals surface area contributed by atoms with Gasteiger partial charge in [-0.15, -0.1) is 0 Å². The summed E-state index contributed by atoms with van der Waals surface area (Å²) in [7, 11) is 2.15. The molecule has 4 heterocycles. The molecule has 1 atom stereocenters. The second kappa shape index (κ2) is 12.3. The van der Waals surface area contributed by atoms with E-state index in [9.17, 15) is 0 Å². The number of anilines is 1. The van der Waals surface area contributed by atoms with E-state index in [0.29, 0.717) is 24.1 Å². The van der Waals surface area contributed by atoms with E-state index in [1.807, 2.05) is 76.4 Å². The van der Waals surface area contributed by atoms with Crippen LogP contribution in [0.3, 0.4) is 0 Å². The third kappa shape index (κ3) is 6.30. The highest BCUT2D eigenvalue weighted by atomic mass is 16.5. The maximum Gasteiger partial charge on any atom is 0.150 e. The van der Waals surface area contributed by atoms with Crippen LogP contribution < -0.4 is 15.2 Å². The molecule has 0 aliphatic carbocycles. The van der Waals surface area contributed by atoms with Crippen molar-refractivity contribution in [1.82, 2.24) is 29.2 Å². The van der Waals surface area contributed by atoms with Gasteiger partial charge in [0.25, 0.3) is 0 Å². The standard InChI is InChI=1S/C30H31N7O2.C2H6/c1-19-12-25(38-18-21-15-33-20(2)34-16-21)14-26(13-19)39-24-6-4-22(5-7-24)27-28-29(31)32-9-11-37(28)30(35-27)23-8-10-36(3)17-23;1-2/h4-7,9,11-16,23H,8,10,17-18H2,1-3H3,(H2,31,32);1-2H3/t23-;/m1./s1. The first-order valence-electron chi connectivity index (χ1n) is 14.0. The Labute approximate surface area is 241 Å². The first kappa shape index (κ1) is 28.0. The number of aromatic nitrogens is 5. The maximum absolute atomic E-state index is 6.34. The van der Waals surface area contributed by atoms with Crippen LogP contribution in [0.5, 0.6) is 17.2 Å². The van der Waals surface area contributed by atoms with Gasteiger partial charge in [0.05, 0.1) is 0 Å². The predicted octanol–water partition coefficient (Wildman–Crippen LogP) is 6.20. The van der Waals surface area contributed by atoms with Gasteiger partial charge in [0.2, 0.25) is 0 Å². The Hall–Kier alpha value is -4.50. The van der Waals surface area contributed by atoms with Crippen LogP contribution in [0, 0.1) is 13.8 Å². The van der Waals surface area contributed by atoms with E-state index in [4.69, 9.17) is 20.2 Å². The lowest BCUT2D eigenvalue weighted by Gasteiger charge is -2.11. The number of fused-ring (bicyclic) bond motifs is 1. The van der Waals surface area contributed by atoms with Gasteiger partial charge in [-0.3, -0.25) is 4.40 Å². The zero-order chi connectivity index (χ0) is 28.9. The van der Waals surface area contributed by atoms with Crippen molar-refractivity contribution in [3.63, 3.8) is 0 Å². The van der Waals surface area contributed by atoms with E-state index in [2.05, 4.69) is 31.3 Å². The van der Waals surface area contributed by atoms with Crippen LogP contribution in [0.2, 0.25) is 0 Å². The molecule has 1 fully saturated rings. The monoisotopic (exact) mass is 551 g/mol. The molecule has 0 bridgehead atoms. The minimum absolute atomic E-state index is 0.358. The lowest BCUT2D eigenvalue weighted by molar-refractivity contribution is 0.303. The van der Waals surface area contributed by atoms with E-state index in [-0.39, 0.29) is 0 Å². The van der Waals surface area contributed by atoms with E-state index < -0.39 is 0 Å². The van der Waals surface area contributed by atoms with Crippen molar-refractivity contribution in [2.45, 2.75) is 46.6 Å². The molecule has 0 saturated carbocycles. The van der Waals surface area contributed by atoms with Gasteiger partial charge in [-0.05, 0) is 75.8 Å². The van der Waals surface area contributed by atoms with Crippen LogP contribution >= 0.6 is 0 Å². The predicted molar refractivity (Wildman–Crippen MR) is 161 cm³/mol. The fraction of sp³-hybridized carbons (Fsp3) is 0.312. The number of likely N-dealkylation sites (N-methyl/N-ethyl adjacent to an activating group) is 1. The first-order chi connectivity index (χ1) is 19.9. The summed E-state index contributed by atoms with van der Waals surface area (Å²) in [6.07, 6.45) is 8.32. The van der Waals surface area contributed by atoms with Gasteiger partial charge in [-0.1, -0.05) is 13.8 Å². The smallest absolute Gasteiger partial charge is 0.150 e. The van der Waals surface area contributed by atoms with Crippen LogP contribution in [-0.2, 0) is 6.61 Å². The molecule has 2 aromatic carbocycles. The number of hydrogen-bond donors (Lipinski definition) is 1. The van der Waals surface area contributed by atoms with E-state index in [1.54, 1.807) is 18.6 Å². The van der Waals surface area contributed by atoms with Gasteiger partial charge in [-0.25, -0.2) is 19.9 Å². The number of rotatable bonds is 7. The van der Waals surface area contributed by atoms with Gasteiger partial charge in [-0.2, -0.15) is 0 Å². The molecule has 9 heteroatoms. The summed E-state index contributed by atoms with van der Waals surface area (Å²) in [5.41, 5.74) is 10.9. The third-order valence-corrected chi connectivity index (χ3v) is 6.99. The van der Waals surface area contributed by atoms with E-state index >= 15 is 0 Å². The normalized spacial score (nSPS) is 15.0. The van der Waals surface area contributed by atoms with Crippen molar-refractivity contribution in [2.24, 2.45) is 0 Å². The summed E-state index contributed by atoms with van der Waals surface area (Å²) in [6.45, 7) is 10.3. The minimum atomic E-state index is 0.358. The molecular weight excluding hydrogens is 514 g/mol. The van der Waals surface area contributed by atoms with Crippen LogP contribution in [0.4, 0.5) is 5.82 Å². The zero-order valence-corrected chi connectivity index (χ0v) is 24.3. The molecule has 212 valence electrons. The molecule has 1 aliphatic rings. The average molecular weight is 552 g/mol. The molecule has 2 N–H and O–H groups in total. The Morgan fingerprint density at radius 2 is 1.68 bits per heavy atom. The van der Waals surface area contributed by atoms with Crippen molar-refractivity contribution in [1.29, 1.82) is 0 Å². The molecule has 0 spiro atoms. The summed E-state index contributed by atoms with van der Waals surface area (Å²) in [4.78, 5) is 20.2. The van der Waals surface area contributed by atoms with Gasteiger partial charge >= 0.3 is 0 Å². The molecule has 1 saturated heterocycles. The molecule has 3 aromatic heterocycles. The van der Waals surface area contributed by atoms with Crippen LogP contribution in [0.25, 0.3) is 16.8 Å². The molecule has 5 aromatic rings. The molecule has 0 unspecified atom stereocenters. The highest BCUT2D eigenvalue weighted by Crippen LogP contribution is 2.35. The molecule has 41 heavy (non-hydrogen) atoms. The van der Waals surface area contributed by atoms with E-state index in [1.165, 1.54) is 0 Å². The second-order valence-corrected chi connectivity index (χ2v) is 10.1. The highest BCUT2D eigenvalue weighted by molar-refractivity contribution is 5.85. The lowest BCUT2D eigenvalue weighted by atomic mass is 10.1. The number of nitrogens with two attached hydrogens (primary N) is 1. The molecule has 9 nitrogen and oxygen atoms in total. The largest absolute Gasteiger partial charge is 0.489 e. The summed E-state index contributed by atoms with van der Waals surface area (Å²) < 4.78 is 14.3. The van der Waals surface area contributed by atoms with Crippen molar-refractivity contribution >= 4 is 11.3 Å². The SMILES string of the molecule is CC.Cc1cc(OCc2cnc(C)nc2)cc(Oc2ccc(-c3nc([C@@H]4CCN(C)C4)n4ccnc(N)c34)cc2)c1. The zero-order valence-electron chi connectivity index (χ0n) is 24.3. The van der Waals surface area contributed by atoms with Gasteiger partial charge in [0.15, 0.2) is 0 Å². The number of aryl methyl sites for hydroxylation is 2. The Morgan fingerprint density at radius 3 is 2.39 bits per heavy atom. The van der Waals surface area contributed by atoms with Crippen LogP contribution in [0.1, 0.15) is 49.0 Å². The fourth-order valence-corrected chi connectivity index (χ4v) is 5.06. The number of hydrogen-bond acceptors (Lipinski definition) is 8. The van der Waals surface area contributed by atoms with Crippen molar-refractivity contribution in [3.8, 4) is 28.5 Å². The fourth-order valence-electron chi connectivity index (χ4n) is 5.06. The van der Waals surface area contributed by atoms with Crippen molar-refractivity contribution < 1.29 is 9.47 Å². The van der Waals surface area contributed by atoms with Gasteiger partial charge in [0.1, 0.15) is 52.5 Å². The summed E-state index contributed by atoms with van der Waals surface area (Å²) in [6, 6.07) is 13.8. The number of benzene rings is 2. The second-order valence-electron chi connectivity index (χ2n) is 10.1. The summed E-state index contributed by atoms with van der Waals surface area (Å²) >= 11 is 0. The quantitative estimate of drug-likeness (QED) is 0.255. The lowest BCUT2D eigenvalue weighted by Crippen LogP contribution is -2.14. The van der Waals surface area contributed by atoms with Crippen LogP contribution in [0.15, 0.2) is 67.3 Å². The van der Waals surface area contributed by atoms with Crippen molar-refractivity contribution in [3.05, 3.63) is 90.0 Å². The Balaban J connectivity index is 0.00000165. The van der Waals surface area contributed by atoms with Gasteiger partial charge in [0, 0.05) is 54.4 Å². The first-order valence-corrected chi connectivity index (χ1v) is 14.0. The highest BCUT2D eigenvalue weighted by Gasteiger charge is 2.27. The van der Waals surface area contributed by atoms with Crippen molar-refractivity contribution in [2.75, 3.05) is 25.9 Å². The number of imidazole rings is 1. The van der Waals surface area contributed by atoms with E-state index in [0.717, 1.165) is 70.6 Å². The number of nitrogens with zero attached hydrogens (tertiary/aromatic N) is 6. The topological polar surface area (TPSA) is 104 Å². The molecule has 0 radical (unpaired) electrons. The summed E-state index contributed by atoms with van der Waals surface area (Å²) in [5.74, 6) is 4.74. The third-order valence-electron chi connectivity index (χ3n) is 6.99. The number of ether oxygens (including phenoxy) is 2. The average Bonchev–Trinajstić information content (AvgIpc) is 3.58. The molecular formula is C32H37N7O2. The Morgan fingerprint density at radius 1 is 0.951 bits per heavy atom. The summed E-state index contributed by atoms with van der Waals surface area (Å²) in [5, 5.41) is 0. The Bertz CT molecular complexity index is 1610. The molecule has 0 amide bonds. The molecule has 6 rings (SSSR count). The number of likely N-dealkylation sites (tertiary alicyclic amines) is 1. The van der Waals surface area contributed by atoms with Gasteiger partial charge < -0.3 is 20.1 Å². The molecule has 1 aliphatic heterocycles. The minimum Gasteiger partial charge on any atom is -0.489 e.